The lowest BCUT2D eigenvalue weighted by Gasteiger charge is -2.05. The van der Waals surface area contributed by atoms with Crippen molar-refractivity contribution in [3.63, 3.8) is 0 Å². The second-order valence-electron chi connectivity index (χ2n) is 3.86. The molecule has 2 aromatic rings. The molecule has 6 nitrogen and oxygen atoms in total. The number of anilines is 1. The first-order valence-corrected chi connectivity index (χ1v) is 5.58. The van der Waals surface area contributed by atoms with Crippen molar-refractivity contribution < 1.29 is 18.4 Å². The Balaban J connectivity index is 1.90. The van der Waals surface area contributed by atoms with Crippen LogP contribution in [0.1, 0.15) is 10.4 Å². The Bertz CT molecular complexity index is 608. The number of nitrogens with one attached hydrogen (secondary N) is 3. The van der Waals surface area contributed by atoms with Gasteiger partial charge in [-0.05, 0) is 12.1 Å². The number of aromatic amines is 1. The molecule has 0 radical (unpaired) electrons. The van der Waals surface area contributed by atoms with E-state index in [1.54, 1.807) is 0 Å². The molecule has 0 bridgehead atoms. The van der Waals surface area contributed by atoms with Crippen LogP contribution < -0.4 is 10.6 Å². The molecular weight excluding hydrogens is 270 g/mol. The average Bonchev–Trinajstić information content (AvgIpc) is 2.87. The van der Waals surface area contributed by atoms with Gasteiger partial charge in [0.15, 0.2) is 0 Å². The number of halogens is 2. The highest BCUT2D eigenvalue weighted by atomic mass is 19.1. The quantitative estimate of drug-likeness (QED) is 0.782. The van der Waals surface area contributed by atoms with Gasteiger partial charge in [-0.25, -0.2) is 8.78 Å². The largest absolute Gasteiger partial charge is 0.343 e. The highest BCUT2D eigenvalue weighted by Crippen LogP contribution is 2.07. The predicted molar refractivity (Wildman–Crippen MR) is 65.9 cm³/mol. The van der Waals surface area contributed by atoms with Crippen molar-refractivity contribution in [1.82, 2.24) is 15.5 Å². The third-order valence-corrected chi connectivity index (χ3v) is 2.31. The lowest BCUT2D eigenvalue weighted by atomic mass is 10.2. The Morgan fingerprint density at radius 1 is 1.20 bits per heavy atom. The van der Waals surface area contributed by atoms with Crippen LogP contribution in [-0.4, -0.2) is 28.6 Å². The SMILES string of the molecule is O=C(CNC(=O)c1cc(F)cc(F)c1)Nc1ccn[nH]1. The number of amides is 2. The Hall–Kier alpha value is -2.77. The molecular formula is C12H10F2N4O2. The van der Waals surface area contributed by atoms with Crippen molar-refractivity contribution in [2.45, 2.75) is 0 Å². The van der Waals surface area contributed by atoms with Crippen molar-refractivity contribution in [2.75, 3.05) is 11.9 Å². The number of carbonyl (C=O) groups excluding carboxylic acids is 2. The standard InChI is InChI=1S/C12H10F2N4O2/c13-8-3-7(4-9(14)5-8)12(20)15-6-11(19)17-10-1-2-16-18-10/h1-5H,6H2,(H,15,20)(H2,16,17,18,19). The highest BCUT2D eigenvalue weighted by molar-refractivity contribution is 5.99. The van der Waals surface area contributed by atoms with Crippen molar-refractivity contribution >= 4 is 17.6 Å². The molecule has 1 heterocycles. The van der Waals surface area contributed by atoms with E-state index in [9.17, 15) is 18.4 Å². The number of carbonyl (C=O) groups is 2. The van der Waals surface area contributed by atoms with Gasteiger partial charge in [0.2, 0.25) is 5.91 Å². The van der Waals surface area contributed by atoms with Gasteiger partial charge in [0, 0.05) is 17.7 Å². The van der Waals surface area contributed by atoms with Gasteiger partial charge in [0.1, 0.15) is 17.5 Å². The van der Waals surface area contributed by atoms with Gasteiger partial charge >= 0.3 is 0 Å². The predicted octanol–water partition coefficient (Wildman–Crippen LogP) is 1.06. The summed E-state index contributed by atoms with van der Waals surface area (Å²) >= 11 is 0. The van der Waals surface area contributed by atoms with Crippen molar-refractivity contribution in [3.8, 4) is 0 Å². The van der Waals surface area contributed by atoms with Gasteiger partial charge in [-0.15, -0.1) is 0 Å². The third kappa shape index (κ3) is 3.61. The molecule has 1 aromatic carbocycles. The van der Waals surface area contributed by atoms with Crippen LogP contribution in [0.3, 0.4) is 0 Å². The zero-order valence-corrected chi connectivity index (χ0v) is 10.1. The van der Waals surface area contributed by atoms with Crippen LogP contribution in [0.2, 0.25) is 0 Å². The van der Waals surface area contributed by atoms with Crippen LogP contribution in [-0.2, 0) is 4.79 Å². The van der Waals surface area contributed by atoms with Crippen molar-refractivity contribution in [1.29, 1.82) is 0 Å². The summed E-state index contributed by atoms with van der Waals surface area (Å²) in [6.45, 7) is -0.337. The molecule has 8 heteroatoms. The maximum atomic E-state index is 12.9. The lowest BCUT2D eigenvalue weighted by Crippen LogP contribution is -2.33. The molecule has 0 atom stereocenters. The second kappa shape index (κ2) is 5.91. The van der Waals surface area contributed by atoms with E-state index in [0.29, 0.717) is 11.9 Å². The molecule has 20 heavy (non-hydrogen) atoms. The van der Waals surface area contributed by atoms with Gasteiger partial charge in [0.05, 0.1) is 12.7 Å². The van der Waals surface area contributed by atoms with Crippen LogP contribution in [0.25, 0.3) is 0 Å². The molecule has 2 rings (SSSR count). The number of rotatable bonds is 4. The fourth-order valence-electron chi connectivity index (χ4n) is 1.47. The first-order valence-electron chi connectivity index (χ1n) is 5.58. The number of nitrogens with zero attached hydrogens (tertiary/aromatic N) is 1. The minimum atomic E-state index is -0.864. The number of hydrogen-bond acceptors (Lipinski definition) is 3. The molecule has 0 aliphatic rings. The molecule has 0 saturated carbocycles. The summed E-state index contributed by atoms with van der Waals surface area (Å²) in [7, 11) is 0. The van der Waals surface area contributed by atoms with Gasteiger partial charge in [-0.2, -0.15) is 5.10 Å². The van der Waals surface area contributed by atoms with Crippen LogP contribution in [0, 0.1) is 11.6 Å². The minimum Gasteiger partial charge on any atom is -0.343 e. The summed E-state index contributed by atoms with van der Waals surface area (Å²) in [5.74, 6) is -2.60. The van der Waals surface area contributed by atoms with E-state index in [-0.39, 0.29) is 12.1 Å². The summed E-state index contributed by atoms with van der Waals surface area (Å²) in [4.78, 5) is 23.1. The van der Waals surface area contributed by atoms with Gasteiger partial charge in [-0.1, -0.05) is 0 Å². The molecule has 1 aromatic heterocycles. The fourth-order valence-corrected chi connectivity index (χ4v) is 1.47. The zero-order chi connectivity index (χ0) is 14.5. The zero-order valence-electron chi connectivity index (χ0n) is 10.1. The molecule has 0 saturated heterocycles. The van der Waals surface area contributed by atoms with Crippen LogP contribution in [0.4, 0.5) is 14.6 Å². The van der Waals surface area contributed by atoms with E-state index in [0.717, 1.165) is 12.1 Å². The Labute approximate surface area is 112 Å². The number of H-pyrrole nitrogens is 1. The van der Waals surface area contributed by atoms with Gasteiger partial charge < -0.3 is 10.6 Å². The highest BCUT2D eigenvalue weighted by Gasteiger charge is 2.11. The molecule has 3 N–H and O–H groups in total. The monoisotopic (exact) mass is 280 g/mol. The maximum absolute atomic E-state index is 12.9. The summed E-state index contributed by atoms with van der Waals surface area (Å²) in [5, 5.41) is 10.8. The molecule has 0 aliphatic heterocycles. The average molecular weight is 280 g/mol. The molecule has 0 aliphatic carbocycles. The van der Waals surface area contributed by atoms with E-state index in [1.807, 2.05) is 0 Å². The fraction of sp³-hybridized carbons (Fsp3) is 0.0833. The summed E-state index contributed by atoms with van der Waals surface area (Å²) in [6, 6.07) is 3.94. The topological polar surface area (TPSA) is 86.9 Å². The number of aromatic nitrogens is 2. The summed E-state index contributed by atoms with van der Waals surface area (Å²) in [6.07, 6.45) is 1.45. The number of hydrogen-bond donors (Lipinski definition) is 3. The minimum absolute atomic E-state index is 0.197. The van der Waals surface area contributed by atoms with E-state index < -0.39 is 23.4 Å². The smallest absolute Gasteiger partial charge is 0.251 e. The Morgan fingerprint density at radius 3 is 2.50 bits per heavy atom. The van der Waals surface area contributed by atoms with E-state index in [2.05, 4.69) is 20.8 Å². The van der Waals surface area contributed by atoms with Crippen molar-refractivity contribution in [3.05, 3.63) is 47.7 Å². The normalized spacial score (nSPS) is 10.1. The van der Waals surface area contributed by atoms with Gasteiger partial charge in [0.25, 0.3) is 5.91 Å². The van der Waals surface area contributed by atoms with Crippen LogP contribution in [0.5, 0.6) is 0 Å². The second-order valence-corrected chi connectivity index (χ2v) is 3.86. The summed E-state index contributed by atoms with van der Waals surface area (Å²) < 4.78 is 25.9. The Morgan fingerprint density at radius 2 is 1.90 bits per heavy atom. The maximum Gasteiger partial charge on any atom is 0.251 e. The molecule has 0 spiro atoms. The van der Waals surface area contributed by atoms with E-state index in [4.69, 9.17) is 0 Å². The van der Waals surface area contributed by atoms with Crippen LogP contribution in [0.15, 0.2) is 30.5 Å². The summed E-state index contributed by atoms with van der Waals surface area (Å²) in [5.41, 5.74) is -0.197. The lowest BCUT2D eigenvalue weighted by molar-refractivity contribution is -0.115. The molecule has 2 amide bonds. The van der Waals surface area contributed by atoms with E-state index >= 15 is 0 Å². The first kappa shape index (κ1) is 13.7. The van der Waals surface area contributed by atoms with Gasteiger partial charge in [-0.3, -0.25) is 14.7 Å². The first-order chi connectivity index (χ1) is 9.54. The molecule has 0 fully saturated rings. The third-order valence-electron chi connectivity index (χ3n) is 2.31. The number of benzene rings is 1. The van der Waals surface area contributed by atoms with Crippen molar-refractivity contribution in [2.24, 2.45) is 0 Å². The van der Waals surface area contributed by atoms with E-state index in [1.165, 1.54) is 12.3 Å². The molecule has 0 unspecified atom stereocenters. The Kier molecular flexibility index (Phi) is 4.04. The van der Waals surface area contributed by atoms with Crippen LogP contribution >= 0.6 is 0 Å². The molecule has 104 valence electrons.